The average molecular weight is 271 g/mol. The monoisotopic (exact) mass is 271 g/mol. The van der Waals surface area contributed by atoms with Gasteiger partial charge < -0.3 is 5.32 Å². The van der Waals surface area contributed by atoms with Gasteiger partial charge in [0.25, 0.3) is 11.8 Å². The zero-order valence-electron chi connectivity index (χ0n) is 10.8. The Morgan fingerprint density at radius 3 is 2.25 bits per heavy atom. The Morgan fingerprint density at radius 2 is 1.65 bits per heavy atom. The molecular weight excluding hydrogens is 258 g/mol. The van der Waals surface area contributed by atoms with Crippen LogP contribution in [0.25, 0.3) is 0 Å². The minimum absolute atomic E-state index is 0.104. The van der Waals surface area contributed by atoms with E-state index >= 15 is 0 Å². The summed E-state index contributed by atoms with van der Waals surface area (Å²) in [5, 5.41) is 7.06. The molecular formula is C14H13N3O3. The first-order chi connectivity index (χ1) is 9.56. The van der Waals surface area contributed by atoms with Crippen molar-refractivity contribution in [2.75, 3.05) is 5.32 Å². The Bertz CT molecular complexity index is 596. The van der Waals surface area contributed by atoms with E-state index in [-0.39, 0.29) is 5.57 Å². The molecule has 6 heteroatoms. The number of amides is 4. The minimum atomic E-state index is -0.804. The van der Waals surface area contributed by atoms with Crippen molar-refractivity contribution in [1.82, 2.24) is 10.6 Å². The maximum absolute atomic E-state index is 11.5. The number of anilines is 1. The number of carbonyl (C=O) groups is 3. The van der Waals surface area contributed by atoms with Crippen LogP contribution in [0, 0.1) is 0 Å². The number of urea groups is 1. The van der Waals surface area contributed by atoms with Gasteiger partial charge in [-0.1, -0.05) is 18.2 Å². The molecule has 20 heavy (non-hydrogen) atoms. The second-order valence-electron chi connectivity index (χ2n) is 4.19. The van der Waals surface area contributed by atoms with Gasteiger partial charge in [0.1, 0.15) is 5.57 Å². The molecule has 2 rings (SSSR count). The Balaban J connectivity index is 2.11. The summed E-state index contributed by atoms with van der Waals surface area (Å²) in [5.41, 5.74) is 1.45. The van der Waals surface area contributed by atoms with Crippen LogP contribution in [0.4, 0.5) is 10.5 Å². The molecule has 1 aromatic carbocycles. The molecule has 1 fully saturated rings. The van der Waals surface area contributed by atoms with Crippen LogP contribution in [-0.4, -0.2) is 17.8 Å². The van der Waals surface area contributed by atoms with Crippen LogP contribution in [0.1, 0.15) is 6.92 Å². The van der Waals surface area contributed by atoms with E-state index in [1.807, 2.05) is 41.0 Å². The first kappa shape index (κ1) is 13.5. The number of imide groups is 2. The number of barbiturate groups is 1. The zero-order valence-corrected chi connectivity index (χ0v) is 10.8. The van der Waals surface area contributed by atoms with Gasteiger partial charge in [-0.25, -0.2) is 4.79 Å². The largest absolute Gasteiger partial charge is 0.361 e. The van der Waals surface area contributed by atoms with Crippen molar-refractivity contribution in [3.05, 3.63) is 53.8 Å². The molecule has 0 aliphatic carbocycles. The van der Waals surface area contributed by atoms with E-state index in [4.69, 9.17) is 0 Å². The molecule has 0 atom stereocenters. The highest BCUT2D eigenvalue weighted by atomic mass is 16.2. The van der Waals surface area contributed by atoms with Crippen molar-refractivity contribution < 1.29 is 14.4 Å². The molecule has 0 saturated carbocycles. The van der Waals surface area contributed by atoms with E-state index in [0.29, 0.717) is 5.57 Å². The molecule has 1 aromatic rings. The second kappa shape index (κ2) is 5.83. The summed E-state index contributed by atoms with van der Waals surface area (Å²) < 4.78 is 0. The van der Waals surface area contributed by atoms with E-state index in [2.05, 4.69) is 5.32 Å². The van der Waals surface area contributed by atoms with E-state index in [1.165, 1.54) is 6.08 Å². The summed E-state index contributed by atoms with van der Waals surface area (Å²) in [6.07, 6.45) is 3.08. The fourth-order valence-corrected chi connectivity index (χ4v) is 1.61. The van der Waals surface area contributed by atoms with Crippen molar-refractivity contribution >= 4 is 23.5 Å². The SMILES string of the molecule is C/C(C=C1C(=O)NC(=O)NC1=O)=C\Nc1ccccc1. The highest BCUT2D eigenvalue weighted by molar-refractivity contribution is 6.29. The van der Waals surface area contributed by atoms with E-state index in [9.17, 15) is 14.4 Å². The molecule has 6 nitrogen and oxygen atoms in total. The molecule has 0 bridgehead atoms. The van der Waals surface area contributed by atoms with Crippen molar-refractivity contribution in [1.29, 1.82) is 0 Å². The van der Waals surface area contributed by atoms with E-state index in [0.717, 1.165) is 5.69 Å². The third-order valence-electron chi connectivity index (χ3n) is 2.56. The molecule has 1 saturated heterocycles. The number of hydrogen-bond donors (Lipinski definition) is 3. The van der Waals surface area contributed by atoms with Crippen LogP contribution in [-0.2, 0) is 9.59 Å². The van der Waals surface area contributed by atoms with Crippen molar-refractivity contribution in [2.45, 2.75) is 6.92 Å². The molecule has 0 spiro atoms. The number of benzene rings is 1. The standard InChI is InChI=1S/C14H13N3O3/c1-9(8-15-10-5-3-2-4-6-10)7-11-12(18)16-14(20)17-13(11)19/h2-8,15H,1H3,(H2,16,17,18,19,20)/b9-8+. The smallest absolute Gasteiger partial charge is 0.328 e. The summed E-state index contributed by atoms with van der Waals surface area (Å²) in [4.78, 5) is 33.9. The van der Waals surface area contributed by atoms with E-state index in [1.54, 1.807) is 13.1 Å². The highest BCUT2D eigenvalue weighted by Crippen LogP contribution is 2.09. The van der Waals surface area contributed by atoms with Gasteiger partial charge in [-0.3, -0.25) is 20.2 Å². The predicted octanol–water partition coefficient (Wildman–Crippen LogP) is 1.29. The van der Waals surface area contributed by atoms with Crippen LogP contribution in [0.2, 0.25) is 0 Å². The summed E-state index contributed by atoms with van der Waals surface area (Å²) in [7, 11) is 0. The normalized spacial score (nSPS) is 15.6. The fraction of sp³-hybridized carbons (Fsp3) is 0.0714. The lowest BCUT2D eigenvalue weighted by Gasteiger charge is -2.13. The third-order valence-corrected chi connectivity index (χ3v) is 2.56. The first-order valence-corrected chi connectivity index (χ1v) is 5.93. The molecule has 4 amide bonds. The van der Waals surface area contributed by atoms with Crippen molar-refractivity contribution in [3.8, 4) is 0 Å². The quantitative estimate of drug-likeness (QED) is 0.571. The lowest BCUT2D eigenvalue weighted by Crippen LogP contribution is -2.51. The maximum Gasteiger partial charge on any atom is 0.328 e. The Hall–Kier alpha value is -2.89. The average Bonchev–Trinajstić information content (AvgIpc) is 2.42. The number of rotatable bonds is 3. The minimum Gasteiger partial charge on any atom is -0.361 e. The second-order valence-corrected chi connectivity index (χ2v) is 4.19. The number of hydrogen-bond acceptors (Lipinski definition) is 4. The summed E-state index contributed by atoms with van der Waals surface area (Å²) >= 11 is 0. The lowest BCUT2D eigenvalue weighted by molar-refractivity contribution is -0.124. The highest BCUT2D eigenvalue weighted by Gasteiger charge is 2.27. The molecule has 0 unspecified atom stereocenters. The van der Waals surface area contributed by atoms with Crippen LogP contribution >= 0.6 is 0 Å². The van der Waals surface area contributed by atoms with Crippen molar-refractivity contribution in [2.24, 2.45) is 0 Å². The zero-order chi connectivity index (χ0) is 14.5. The van der Waals surface area contributed by atoms with Crippen LogP contribution in [0.5, 0.6) is 0 Å². The third kappa shape index (κ3) is 3.32. The molecule has 3 N–H and O–H groups in total. The summed E-state index contributed by atoms with van der Waals surface area (Å²) in [5.74, 6) is -1.41. The van der Waals surface area contributed by atoms with Gasteiger partial charge in [-0.15, -0.1) is 0 Å². The van der Waals surface area contributed by atoms with Gasteiger partial charge in [0.2, 0.25) is 0 Å². The topological polar surface area (TPSA) is 87.3 Å². The number of nitrogens with one attached hydrogen (secondary N) is 3. The number of carbonyl (C=O) groups excluding carboxylic acids is 3. The molecule has 0 radical (unpaired) electrons. The van der Waals surface area contributed by atoms with Gasteiger partial charge in [0, 0.05) is 11.9 Å². The Kier molecular flexibility index (Phi) is 3.95. The van der Waals surface area contributed by atoms with Crippen molar-refractivity contribution in [3.63, 3.8) is 0 Å². The molecule has 102 valence electrons. The van der Waals surface area contributed by atoms with Crippen LogP contribution < -0.4 is 16.0 Å². The van der Waals surface area contributed by atoms with Gasteiger partial charge in [-0.2, -0.15) is 0 Å². The Morgan fingerprint density at radius 1 is 1.05 bits per heavy atom. The number of para-hydroxylation sites is 1. The van der Waals surface area contributed by atoms with Gasteiger partial charge in [0.15, 0.2) is 0 Å². The van der Waals surface area contributed by atoms with Gasteiger partial charge in [0.05, 0.1) is 0 Å². The van der Waals surface area contributed by atoms with Gasteiger partial charge >= 0.3 is 6.03 Å². The molecule has 1 aliphatic rings. The number of allylic oxidation sites excluding steroid dienone is 2. The molecule has 0 aromatic heterocycles. The predicted molar refractivity (Wildman–Crippen MR) is 73.6 cm³/mol. The lowest BCUT2D eigenvalue weighted by atomic mass is 10.1. The molecule has 1 aliphatic heterocycles. The van der Waals surface area contributed by atoms with Gasteiger partial charge in [-0.05, 0) is 30.7 Å². The first-order valence-electron chi connectivity index (χ1n) is 5.93. The fourth-order valence-electron chi connectivity index (χ4n) is 1.61. The van der Waals surface area contributed by atoms with E-state index < -0.39 is 17.8 Å². The summed E-state index contributed by atoms with van der Waals surface area (Å²) in [6.45, 7) is 1.74. The summed E-state index contributed by atoms with van der Waals surface area (Å²) in [6, 6.07) is 8.64. The molecule has 1 heterocycles. The Labute approximate surface area is 115 Å². The van der Waals surface area contributed by atoms with Crippen LogP contribution in [0.3, 0.4) is 0 Å². The van der Waals surface area contributed by atoms with Crippen LogP contribution in [0.15, 0.2) is 53.8 Å². The maximum atomic E-state index is 11.5.